The minimum atomic E-state index is -0.907. The molecule has 2 aliphatic heterocycles. The summed E-state index contributed by atoms with van der Waals surface area (Å²) in [7, 11) is 0. The van der Waals surface area contributed by atoms with Gasteiger partial charge in [0.05, 0.1) is 27.7 Å². The van der Waals surface area contributed by atoms with Crippen molar-refractivity contribution in [3.63, 3.8) is 0 Å². The first-order valence-electron chi connectivity index (χ1n) is 15.0. The molecule has 0 unspecified atom stereocenters. The second-order valence-corrected chi connectivity index (χ2v) is 13.1. The van der Waals surface area contributed by atoms with Gasteiger partial charge in [0.25, 0.3) is 11.1 Å². The number of hydrogen-bond donors (Lipinski definition) is 4. The monoisotopic (exact) mass is 769 g/mol. The highest BCUT2D eigenvalue weighted by Gasteiger charge is 2.20. The Morgan fingerprint density at radius 2 is 1.23 bits per heavy atom. The molecule has 0 radical (unpaired) electrons. The van der Waals surface area contributed by atoms with Gasteiger partial charge in [0.1, 0.15) is 11.5 Å². The normalized spacial score (nSPS) is 12.4. The molecule has 0 saturated carbocycles. The van der Waals surface area contributed by atoms with Gasteiger partial charge in [-0.3, -0.25) is 14.4 Å². The average Bonchev–Trinajstić information content (AvgIpc) is 3.67. The summed E-state index contributed by atoms with van der Waals surface area (Å²) >= 11 is 6.74. The number of pyridine rings is 2. The van der Waals surface area contributed by atoms with Crippen molar-refractivity contribution in [3.05, 3.63) is 122 Å². The lowest BCUT2D eigenvalue weighted by Gasteiger charge is -2.08. The van der Waals surface area contributed by atoms with Crippen LogP contribution in [0.3, 0.4) is 0 Å². The molecule has 0 aliphatic carbocycles. The quantitative estimate of drug-likeness (QED) is 0.173. The van der Waals surface area contributed by atoms with Gasteiger partial charge in [0, 0.05) is 53.9 Å². The van der Waals surface area contributed by atoms with Crippen LogP contribution in [0.15, 0.2) is 54.9 Å². The van der Waals surface area contributed by atoms with E-state index in [1.54, 1.807) is 18.2 Å². The van der Waals surface area contributed by atoms with Crippen LogP contribution in [0, 0.1) is 27.7 Å². The summed E-state index contributed by atoms with van der Waals surface area (Å²) in [6.07, 6.45) is 2.38. The number of ketones is 1. The lowest BCUT2D eigenvalue weighted by Crippen LogP contribution is -2.18. The molecule has 2 aliphatic rings. The van der Waals surface area contributed by atoms with Gasteiger partial charge < -0.3 is 30.3 Å². The number of carbonyl (C=O) groups is 2. The number of carboxylic acid groups (broad SMARTS) is 1. The number of carboxylic acids is 1. The Balaban J connectivity index is 0.000000176. The van der Waals surface area contributed by atoms with Crippen LogP contribution in [0.25, 0.3) is 0 Å². The van der Waals surface area contributed by atoms with Crippen LogP contribution < -0.4 is 26.3 Å². The zero-order valence-electron chi connectivity index (χ0n) is 26.6. The number of aromatic nitrogens is 2. The van der Waals surface area contributed by atoms with Crippen molar-refractivity contribution >= 4 is 43.6 Å². The predicted octanol–water partition coefficient (Wildman–Crippen LogP) is 6.04. The van der Waals surface area contributed by atoms with Crippen LogP contribution in [-0.2, 0) is 25.8 Å². The van der Waals surface area contributed by atoms with Crippen molar-refractivity contribution in [2.24, 2.45) is 5.73 Å². The molecule has 0 saturated heterocycles. The average molecular weight is 772 g/mol. The highest BCUT2D eigenvalue weighted by molar-refractivity contribution is 9.11. The number of aromatic amines is 2. The van der Waals surface area contributed by atoms with Gasteiger partial charge in [0.15, 0.2) is 5.78 Å². The van der Waals surface area contributed by atoms with Crippen molar-refractivity contribution in [1.29, 1.82) is 0 Å². The van der Waals surface area contributed by atoms with Gasteiger partial charge in [-0.05, 0) is 125 Å². The SMILES string of the molecule is Cc1cc(C)c(CCC(=O)c2cc(Br)c3c(c2)CCO3)c(=O)[nH]1.Cc1cc(C)c(CN)c(=O)[nH]1.O=C(O)c1cc(Br)c2c(c1)CCO2. The van der Waals surface area contributed by atoms with Gasteiger partial charge >= 0.3 is 5.97 Å². The summed E-state index contributed by atoms with van der Waals surface area (Å²) in [6.45, 7) is 9.11. The molecular formula is C35H37Br2N3O7. The third-order valence-electron chi connectivity index (χ3n) is 7.84. The molecule has 12 heteroatoms. The number of Topliss-reactive ketones (excluding diaryl/α,β-unsaturated/α-hetero) is 1. The molecule has 5 N–H and O–H groups in total. The third-order valence-corrected chi connectivity index (χ3v) is 9.02. The number of fused-ring (bicyclic) bond motifs is 2. The lowest BCUT2D eigenvalue weighted by atomic mass is 9.99. The Hall–Kier alpha value is -4.00. The summed E-state index contributed by atoms with van der Waals surface area (Å²) in [5.74, 6) is 0.757. The highest BCUT2D eigenvalue weighted by atomic mass is 79.9. The van der Waals surface area contributed by atoms with Crippen LogP contribution in [0.1, 0.15) is 71.9 Å². The Morgan fingerprint density at radius 1 is 0.766 bits per heavy atom. The summed E-state index contributed by atoms with van der Waals surface area (Å²) in [4.78, 5) is 51.9. The third kappa shape index (κ3) is 8.88. The second-order valence-electron chi connectivity index (χ2n) is 11.4. The summed E-state index contributed by atoms with van der Waals surface area (Å²) in [5, 5.41) is 8.78. The van der Waals surface area contributed by atoms with Crippen LogP contribution >= 0.6 is 31.9 Å². The number of H-pyrrole nitrogens is 2. The van der Waals surface area contributed by atoms with Crippen LogP contribution in [0.4, 0.5) is 0 Å². The van der Waals surface area contributed by atoms with Crippen molar-refractivity contribution in [3.8, 4) is 11.5 Å². The van der Waals surface area contributed by atoms with Crippen molar-refractivity contribution < 1.29 is 24.2 Å². The molecule has 0 fully saturated rings. The zero-order valence-corrected chi connectivity index (χ0v) is 29.8. The number of aromatic carboxylic acids is 1. The van der Waals surface area contributed by atoms with E-state index < -0.39 is 5.97 Å². The number of hydrogen-bond acceptors (Lipinski definition) is 7. The topological polar surface area (TPSA) is 165 Å². The maximum atomic E-state index is 12.5. The van der Waals surface area contributed by atoms with E-state index >= 15 is 0 Å². The van der Waals surface area contributed by atoms with Crippen molar-refractivity contribution in [2.75, 3.05) is 13.2 Å². The largest absolute Gasteiger partial charge is 0.492 e. The molecular weight excluding hydrogens is 734 g/mol. The molecule has 6 rings (SSSR count). The smallest absolute Gasteiger partial charge is 0.335 e. The van der Waals surface area contributed by atoms with E-state index in [4.69, 9.17) is 20.3 Å². The summed E-state index contributed by atoms with van der Waals surface area (Å²) in [5.41, 5.74) is 13.2. The number of carbonyl (C=O) groups excluding carboxylic acids is 1. The van der Waals surface area contributed by atoms with E-state index in [0.29, 0.717) is 54.9 Å². The minimum absolute atomic E-state index is 0.0415. The number of nitrogens with one attached hydrogen (secondary N) is 2. The molecule has 2 aromatic carbocycles. The fraction of sp³-hybridized carbons (Fsp3) is 0.314. The van der Waals surface area contributed by atoms with Crippen molar-refractivity contribution in [1.82, 2.24) is 9.97 Å². The molecule has 248 valence electrons. The number of rotatable bonds is 6. The predicted molar refractivity (Wildman–Crippen MR) is 187 cm³/mol. The van der Waals surface area contributed by atoms with Gasteiger partial charge in [-0.1, -0.05) is 0 Å². The molecule has 2 aromatic heterocycles. The minimum Gasteiger partial charge on any atom is -0.492 e. The van der Waals surface area contributed by atoms with Crippen molar-refractivity contribution in [2.45, 2.75) is 59.9 Å². The maximum Gasteiger partial charge on any atom is 0.335 e. The lowest BCUT2D eigenvalue weighted by molar-refractivity contribution is 0.0696. The second kappa shape index (κ2) is 15.7. The first-order valence-corrected chi connectivity index (χ1v) is 16.6. The number of benzene rings is 2. The molecule has 0 atom stereocenters. The molecule has 0 amide bonds. The summed E-state index contributed by atoms with van der Waals surface area (Å²) in [6, 6.07) is 10.8. The van der Waals surface area contributed by atoms with Crippen LogP contribution in [-0.4, -0.2) is 40.0 Å². The number of aryl methyl sites for hydroxylation is 4. The van der Waals surface area contributed by atoms with Gasteiger partial charge in [-0.2, -0.15) is 0 Å². The molecule has 47 heavy (non-hydrogen) atoms. The fourth-order valence-corrected chi connectivity index (χ4v) is 6.75. The number of halogens is 2. The first-order chi connectivity index (χ1) is 22.3. The Bertz CT molecular complexity index is 1950. The van der Waals surface area contributed by atoms with E-state index in [2.05, 4.69) is 41.8 Å². The maximum absolute atomic E-state index is 12.5. The molecule has 0 bridgehead atoms. The number of ether oxygens (including phenoxy) is 2. The molecule has 4 aromatic rings. The molecule has 4 heterocycles. The Labute approximate surface area is 289 Å². The summed E-state index contributed by atoms with van der Waals surface area (Å²) < 4.78 is 12.4. The number of nitrogens with two attached hydrogens (primary N) is 1. The van der Waals surface area contributed by atoms with Gasteiger partial charge in [-0.15, -0.1) is 0 Å². The van der Waals surface area contributed by atoms with Crippen LogP contribution in [0.2, 0.25) is 0 Å². The fourth-order valence-electron chi connectivity index (χ4n) is 5.52. The molecule has 10 nitrogen and oxygen atoms in total. The molecule has 0 spiro atoms. The van der Waals surface area contributed by atoms with E-state index in [9.17, 15) is 19.2 Å². The van der Waals surface area contributed by atoms with E-state index in [-0.39, 0.29) is 16.9 Å². The zero-order chi connectivity index (χ0) is 34.4. The van der Waals surface area contributed by atoms with E-state index in [1.165, 1.54) is 0 Å². The van der Waals surface area contributed by atoms with Crippen LogP contribution in [0.5, 0.6) is 11.5 Å². The van der Waals surface area contributed by atoms with E-state index in [0.717, 1.165) is 66.9 Å². The highest BCUT2D eigenvalue weighted by Crippen LogP contribution is 2.36. The Kier molecular flexibility index (Phi) is 12.0. The standard InChI is InChI=1S/C18H18BrNO3.C9H7BrO3.C8H12N2O/c1-10-7-11(2)20-18(22)14(10)3-4-16(21)13-8-12-5-6-23-17(12)15(19)9-13;10-7-4-6(9(11)12)3-5-1-2-13-8(5)7;1-5-3-6(2)10-8(11)7(5)4-9/h7-9H,3-6H2,1-2H3,(H,20,22);3-4H,1-2H2,(H,11,12);3H,4,9H2,1-2H3,(H,10,11). The Morgan fingerprint density at radius 3 is 1.70 bits per heavy atom. The first kappa shape index (κ1) is 35.8. The van der Waals surface area contributed by atoms with E-state index in [1.807, 2.05) is 45.9 Å². The van der Waals surface area contributed by atoms with Gasteiger partial charge in [-0.25, -0.2) is 4.79 Å². The van der Waals surface area contributed by atoms with Gasteiger partial charge in [0.2, 0.25) is 0 Å².